The second-order valence-corrected chi connectivity index (χ2v) is 9.38. The van der Waals surface area contributed by atoms with E-state index in [0.717, 1.165) is 6.07 Å². The minimum Gasteiger partial charge on any atom is -0.462 e. The molecule has 4 rings (SSSR count). The monoisotopic (exact) mass is 478 g/mol. The molecule has 0 atom stereocenters. The molecule has 1 aromatic heterocycles. The lowest BCUT2D eigenvalue weighted by molar-refractivity contribution is -0.286. The molecule has 0 saturated heterocycles. The maximum atomic E-state index is 13.5. The molecule has 0 radical (unpaired) electrons. The summed E-state index contributed by atoms with van der Waals surface area (Å²) in [6.45, 7) is 3.08. The van der Waals surface area contributed by atoms with Crippen LogP contribution >= 0.6 is 0 Å². The summed E-state index contributed by atoms with van der Waals surface area (Å²) in [5.74, 6) is -1.37. The van der Waals surface area contributed by atoms with E-state index < -0.39 is 22.1 Å². The molecule has 0 spiro atoms. The van der Waals surface area contributed by atoms with Gasteiger partial charge in [0, 0.05) is 11.9 Å². The first-order chi connectivity index (χ1) is 15.6. The van der Waals surface area contributed by atoms with Crippen LogP contribution in [0.3, 0.4) is 0 Å². The lowest BCUT2D eigenvalue weighted by Crippen LogP contribution is -2.25. The Morgan fingerprint density at radius 2 is 1.82 bits per heavy atom. The quantitative estimate of drug-likeness (QED) is 0.506. The maximum Gasteiger partial charge on any atom is 0.586 e. The Morgan fingerprint density at radius 1 is 1.12 bits per heavy atom. The van der Waals surface area contributed by atoms with E-state index in [0.29, 0.717) is 10.9 Å². The van der Waals surface area contributed by atoms with Crippen LogP contribution in [0, 0.1) is 0 Å². The van der Waals surface area contributed by atoms with Gasteiger partial charge in [-0.25, -0.2) is 18.2 Å². The van der Waals surface area contributed by atoms with Crippen molar-refractivity contribution in [3.8, 4) is 11.5 Å². The molecule has 2 heterocycles. The van der Waals surface area contributed by atoms with Crippen molar-refractivity contribution in [1.82, 2.24) is 4.98 Å². The minimum absolute atomic E-state index is 0.00587. The van der Waals surface area contributed by atoms with Crippen molar-refractivity contribution >= 4 is 32.5 Å². The normalized spacial score (nSPS) is 14.3. The first-order valence-corrected chi connectivity index (χ1v) is 11.7. The summed E-state index contributed by atoms with van der Waals surface area (Å²) in [4.78, 5) is 16.9. The lowest BCUT2D eigenvalue weighted by atomic mass is 10.1. The average Bonchev–Trinajstić information content (AvgIpc) is 3.09. The smallest absolute Gasteiger partial charge is 0.462 e. The second kappa shape index (κ2) is 8.47. The van der Waals surface area contributed by atoms with Crippen molar-refractivity contribution in [1.29, 1.82) is 0 Å². The number of sulfone groups is 1. The van der Waals surface area contributed by atoms with Crippen LogP contribution in [0.25, 0.3) is 10.9 Å². The second-order valence-electron chi connectivity index (χ2n) is 7.13. The fourth-order valence-corrected chi connectivity index (χ4v) is 4.41. The predicted octanol–water partition coefficient (Wildman–Crippen LogP) is 4.14. The number of halogens is 2. The molecule has 0 unspecified atom stereocenters. The van der Waals surface area contributed by atoms with E-state index in [1.807, 2.05) is 0 Å². The van der Waals surface area contributed by atoms with Crippen LogP contribution in [0.15, 0.2) is 47.4 Å². The van der Waals surface area contributed by atoms with Crippen LogP contribution in [0.5, 0.6) is 11.5 Å². The number of anilines is 1. The van der Waals surface area contributed by atoms with E-state index in [2.05, 4.69) is 19.8 Å². The number of para-hydroxylation sites is 1. The Hall–Kier alpha value is -3.47. The first-order valence-electron chi connectivity index (χ1n) is 10.1. The van der Waals surface area contributed by atoms with Crippen molar-refractivity contribution < 1.29 is 36.2 Å². The number of nitrogens with zero attached hydrogens (tertiary/aromatic N) is 1. The molecule has 1 aliphatic heterocycles. The number of nitrogens with one attached hydrogen (secondary N) is 1. The molecule has 2 aromatic carbocycles. The molecule has 0 amide bonds. The summed E-state index contributed by atoms with van der Waals surface area (Å²) in [6, 6.07) is 10.9. The molecular weight excluding hydrogens is 458 g/mol. The van der Waals surface area contributed by atoms with Crippen molar-refractivity contribution in [3.05, 3.63) is 53.6 Å². The molecule has 174 valence electrons. The zero-order valence-electron chi connectivity index (χ0n) is 17.7. The van der Waals surface area contributed by atoms with Crippen molar-refractivity contribution in [3.63, 3.8) is 0 Å². The van der Waals surface area contributed by atoms with Crippen LogP contribution in [-0.2, 0) is 21.1 Å². The van der Waals surface area contributed by atoms with Gasteiger partial charge >= 0.3 is 12.3 Å². The van der Waals surface area contributed by atoms with E-state index in [1.54, 1.807) is 31.2 Å². The van der Waals surface area contributed by atoms with Gasteiger partial charge in [0.05, 0.1) is 23.4 Å². The summed E-state index contributed by atoms with van der Waals surface area (Å²) >= 11 is 0. The van der Waals surface area contributed by atoms with Gasteiger partial charge in [-0.2, -0.15) is 0 Å². The number of aromatic nitrogens is 1. The molecule has 0 saturated carbocycles. The molecule has 0 bridgehead atoms. The molecule has 8 nitrogen and oxygen atoms in total. The average molecular weight is 478 g/mol. The zero-order chi connectivity index (χ0) is 23.8. The summed E-state index contributed by atoms with van der Waals surface area (Å²) in [6.07, 6.45) is -3.86. The Kier molecular flexibility index (Phi) is 5.83. The van der Waals surface area contributed by atoms with Gasteiger partial charge in [0.25, 0.3) is 0 Å². The Labute approximate surface area is 188 Å². The van der Waals surface area contributed by atoms with Gasteiger partial charge in [-0.15, -0.1) is 8.78 Å². The predicted molar refractivity (Wildman–Crippen MR) is 115 cm³/mol. The van der Waals surface area contributed by atoms with E-state index in [-0.39, 0.29) is 52.2 Å². The highest BCUT2D eigenvalue weighted by molar-refractivity contribution is 7.91. The van der Waals surface area contributed by atoms with Crippen LogP contribution < -0.4 is 14.8 Å². The third kappa shape index (κ3) is 4.54. The molecule has 33 heavy (non-hydrogen) atoms. The summed E-state index contributed by atoms with van der Waals surface area (Å²) in [7, 11) is -3.65. The Balaban J connectivity index is 1.75. The number of rotatable bonds is 7. The van der Waals surface area contributed by atoms with Gasteiger partial charge in [0.2, 0.25) is 0 Å². The number of hydrogen-bond acceptors (Lipinski definition) is 8. The maximum absolute atomic E-state index is 13.5. The van der Waals surface area contributed by atoms with Crippen molar-refractivity contribution in [2.24, 2.45) is 0 Å². The summed E-state index contributed by atoms with van der Waals surface area (Å²) in [5.41, 5.74) is 0.777. The number of benzene rings is 2. The third-order valence-corrected chi connectivity index (χ3v) is 6.71. The highest BCUT2D eigenvalue weighted by Crippen LogP contribution is 2.43. The molecule has 0 fully saturated rings. The number of esters is 1. The van der Waals surface area contributed by atoms with Gasteiger partial charge < -0.3 is 19.5 Å². The Bertz CT molecular complexity index is 1340. The van der Waals surface area contributed by atoms with E-state index >= 15 is 0 Å². The molecule has 1 N–H and O–H groups in total. The number of carbonyl (C=O) groups excluding carboxylic acids is 1. The van der Waals surface area contributed by atoms with Crippen LogP contribution in [0.1, 0.15) is 29.8 Å². The number of pyridine rings is 1. The molecule has 1 aliphatic rings. The number of ether oxygens (including phenoxy) is 3. The van der Waals surface area contributed by atoms with Crippen molar-refractivity contribution in [2.75, 3.05) is 17.7 Å². The zero-order valence-corrected chi connectivity index (χ0v) is 18.5. The highest BCUT2D eigenvalue weighted by atomic mass is 32.2. The van der Waals surface area contributed by atoms with Crippen LogP contribution in [-0.4, -0.2) is 38.0 Å². The van der Waals surface area contributed by atoms with E-state index in [9.17, 15) is 22.0 Å². The number of fused-ring (bicyclic) bond motifs is 2. The van der Waals surface area contributed by atoms with Gasteiger partial charge in [-0.1, -0.05) is 25.1 Å². The largest absolute Gasteiger partial charge is 0.586 e. The lowest BCUT2D eigenvalue weighted by Gasteiger charge is -2.15. The van der Waals surface area contributed by atoms with E-state index in [1.165, 1.54) is 19.1 Å². The van der Waals surface area contributed by atoms with Crippen LogP contribution in [0.2, 0.25) is 0 Å². The standard InChI is InChI=1S/C22H20F2N2O6S/c1-3-30-21(27)15-11-18-17(31-22(23,24)32-18)9-14(15)12-25-20-19(33(28,29)4-2)10-13-7-5-6-8-16(13)26-20/h5-11H,3-4,12H2,1-2H3,(H,25,26). The molecule has 3 aromatic rings. The SMILES string of the molecule is CCOC(=O)c1cc2c(cc1CNc1nc3ccccc3cc1S(=O)(=O)CC)OC(F)(F)O2. The minimum atomic E-state index is -3.86. The molecule has 11 heteroatoms. The van der Waals surface area contributed by atoms with Gasteiger partial charge in [-0.3, -0.25) is 0 Å². The van der Waals surface area contributed by atoms with Gasteiger partial charge in [0.1, 0.15) is 10.7 Å². The fourth-order valence-electron chi connectivity index (χ4n) is 3.38. The molecular formula is C22H20F2N2O6S. The highest BCUT2D eigenvalue weighted by Gasteiger charge is 2.44. The van der Waals surface area contributed by atoms with Crippen molar-refractivity contribution in [2.45, 2.75) is 31.6 Å². The molecule has 0 aliphatic carbocycles. The third-order valence-electron chi connectivity index (χ3n) is 4.97. The number of carbonyl (C=O) groups is 1. The Morgan fingerprint density at radius 3 is 2.52 bits per heavy atom. The number of hydrogen-bond donors (Lipinski definition) is 1. The summed E-state index contributed by atoms with van der Waals surface area (Å²) in [5, 5.41) is 3.58. The topological polar surface area (TPSA) is 104 Å². The van der Waals surface area contributed by atoms with Gasteiger partial charge in [0.15, 0.2) is 21.3 Å². The van der Waals surface area contributed by atoms with Gasteiger partial charge in [-0.05, 0) is 36.8 Å². The van der Waals surface area contributed by atoms with E-state index in [4.69, 9.17) is 4.74 Å². The number of alkyl halides is 2. The fraction of sp³-hybridized carbons (Fsp3) is 0.273. The summed E-state index contributed by atoms with van der Waals surface area (Å²) < 4.78 is 66.4. The van der Waals surface area contributed by atoms with Crippen LogP contribution in [0.4, 0.5) is 14.6 Å². The first kappa shape index (κ1) is 22.7.